The molecule has 2 aromatic carbocycles. The smallest absolute Gasteiger partial charge is 0.234 e. The first-order chi connectivity index (χ1) is 15.6. The van der Waals surface area contributed by atoms with Crippen LogP contribution in [0.3, 0.4) is 0 Å². The predicted octanol–water partition coefficient (Wildman–Crippen LogP) is 5.10. The monoisotopic (exact) mass is 423 g/mol. The normalized spacial score (nSPS) is 42.2. The van der Waals surface area contributed by atoms with Gasteiger partial charge in [0.1, 0.15) is 0 Å². The first-order valence-electron chi connectivity index (χ1n) is 12.6. The van der Waals surface area contributed by atoms with Gasteiger partial charge in [-0.3, -0.25) is 14.5 Å². The number of imide groups is 1. The van der Waals surface area contributed by atoms with E-state index in [1.165, 1.54) is 60.8 Å². The largest absolute Gasteiger partial charge is 0.281 e. The van der Waals surface area contributed by atoms with Gasteiger partial charge < -0.3 is 0 Å². The lowest BCUT2D eigenvalue weighted by molar-refractivity contribution is -0.146. The Hall–Kier alpha value is -2.42. The number of hydrogen-bond donors (Lipinski definition) is 0. The molecule has 0 spiro atoms. The lowest BCUT2D eigenvalue weighted by atomic mass is 9.49. The fourth-order valence-electron chi connectivity index (χ4n) is 9.71. The van der Waals surface area contributed by atoms with Crippen molar-refractivity contribution in [2.75, 3.05) is 6.54 Å². The summed E-state index contributed by atoms with van der Waals surface area (Å²) in [5, 5.41) is 0. The van der Waals surface area contributed by atoms with Crippen LogP contribution in [0.4, 0.5) is 0 Å². The van der Waals surface area contributed by atoms with Crippen molar-refractivity contribution < 1.29 is 9.59 Å². The number of hydrogen-bond acceptors (Lipinski definition) is 2. The molecule has 0 aromatic heterocycles. The highest BCUT2D eigenvalue weighted by Crippen LogP contribution is 2.63. The van der Waals surface area contributed by atoms with Gasteiger partial charge in [-0.2, -0.15) is 0 Å². The number of likely N-dealkylation sites (tertiary alicyclic amines) is 1. The molecule has 4 saturated carbocycles. The van der Waals surface area contributed by atoms with E-state index < -0.39 is 0 Å². The zero-order valence-corrected chi connectivity index (χ0v) is 18.4. The zero-order valence-electron chi connectivity index (χ0n) is 18.4. The van der Waals surface area contributed by atoms with Gasteiger partial charge in [-0.15, -0.1) is 0 Å². The lowest BCUT2D eigenvalue weighted by Gasteiger charge is -2.57. The Morgan fingerprint density at radius 2 is 1.03 bits per heavy atom. The van der Waals surface area contributed by atoms with Gasteiger partial charge in [0, 0.05) is 18.4 Å². The number of carbonyl (C=O) groups excluding carboxylic acids is 2. The van der Waals surface area contributed by atoms with Crippen LogP contribution in [-0.2, 0) is 9.59 Å². The van der Waals surface area contributed by atoms with E-state index in [9.17, 15) is 9.59 Å². The molecule has 2 aromatic rings. The second-order valence-corrected chi connectivity index (χ2v) is 11.9. The number of rotatable bonds is 2. The summed E-state index contributed by atoms with van der Waals surface area (Å²) < 4.78 is 0. The number of amides is 2. The van der Waals surface area contributed by atoms with Crippen molar-refractivity contribution in [3.63, 3.8) is 0 Å². The van der Waals surface area contributed by atoms with Crippen LogP contribution in [0.25, 0.3) is 0 Å². The Bertz CT molecular complexity index is 1030. The molecule has 1 saturated heterocycles. The Balaban J connectivity index is 1.21. The minimum Gasteiger partial charge on any atom is -0.281 e. The third-order valence-electron chi connectivity index (χ3n) is 10.2. The van der Waals surface area contributed by atoms with E-state index in [4.69, 9.17) is 0 Å². The van der Waals surface area contributed by atoms with Crippen LogP contribution in [0.1, 0.15) is 72.6 Å². The van der Waals surface area contributed by atoms with Crippen LogP contribution in [-0.4, -0.2) is 23.3 Å². The van der Waals surface area contributed by atoms with Gasteiger partial charge >= 0.3 is 0 Å². The van der Waals surface area contributed by atoms with Crippen LogP contribution in [0.5, 0.6) is 0 Å². The molecule has 10 rings (SSSR count). The van der Waals surface area contributed by atoms with Crippen molar-refractivity contribution in [1.82, 2.24) is 4.90 Å². The van der Waals surface area contributed by atoms with Gasteiger partial charge in [-0.25, -0.2) is 0 Å². The highest BCUT2D eigenvalue weighted by molar-refractivity contribution is 6.07. The van der Waals surface area contributed by atoms with Crippen LogP contribution in [0, 0.1) is 35.0 Å². The molecule has 0 unspecified atom stereocenters. The first-order valence-corrected chi connectivity index (χ1v) is 12.6. The molecule has 1 heterocycles. The molecule has 3 heteroatoms. The van der Waals surface area contributed by atoms with Crippen molar-refractivity contribution in [2.24, 2.45) is 35.0 Å². The first kappa shape index (κ1) is 18.1. The zero-order chi connectivity index (χ0) is 21.2. The molecule has 7 aliphatic carbocycles. The summed E-state index contributed by atoms with van der Waals surface area (Å²) in [5.41, 5.74) is 5.29. The van der Waals surface area contributed by atoms with E-state index in [1.54, 1.807) is 4.90 Å². The second kappa shape index (κ2) is 5.92. The minimum absolute atomic E-state index is 0.0233. The summed E-state index contributed by atoms with van der Waals surface area (Å²) in [5.74, 6) is 2.36. The molecule has 1 aliphatic heterocycles. The molecule has 8 aliphatic rings. The summed E-state index contributed by atoms with van der Waals surface area (Å²) in [6, 6.07) is 17.1. The van der Waals surface area contributed by atoms with Crippen molar-refractivity contribution >= 4 is 11.8 Å². The van der Waals surface area contributed by atoms with Gasteiger partial charge in [0.15, 0.2) is 0 Å². The summed E-state index contributed by atoms with van der Waals surface area (Å²) in [7, 11) is 0. The maximum atomic E-state index is 14.0. The van der Waals surface area contributed by atoms with Gasteiger partial charge in [-0.1, -0.05) is 48.5 Å². The number of nitrogens with zero attached hydrogens (tertiary/aromatic N) is 1. The van der Waals surface area contributed by atoms with Crippen LogP contribution < -0.4 is 0 Å². The predicted molar refractivity (Wildman–Crippen MR) is 121 cm³/mol. The summed E-state index contributed by atoms with van der Waals surface area (Å²) >= 11 is 0. The molecular weight excluding hydrogens is 394 g/mol. The third-order valence-corrected chi connectivity index (χ3v) is 10.2. The topological polar surface area (TPSA) is 37.4 Å². The molecule has 2 atom stereocenters. The Morgan fingerprint density at radius 3 is 1.41 bits per heavy atom. The highest BCUT2D eigenvalue weighted by Gasteiger charge is 2.63. The maximum Gasteiger partial charge on any atom is 0.234 e. The third kappa shape index (κ3) is 2.13. The molecule has 3 nitrogen and oxygen atoms in total. The van der Waals surface area contributed by atoms with Crippen molar-refractivity contribution in [3.05, 3.63) is 70.8 Å². The second-order valence-electron chi connectivity index (χ2n) is 11.9. The van der Waals surface area contributed by atoms with Gasteiger partial charge in [0.05, 0.1) is 11.8 Å². The van der Waals surface area contributed by atoms with Crippen LogP contribution >= 0.6 is 0 Å². The number of benzene rings is 2. The van der Waals surface area contributed by atoms with E-state index in [1.807, 2.05) is 0 Å². The van der Waals surface area contributed by atoms with E-state index in [2.05, 4.69) is 48.5 Å². The van der Waals surface area contributed by atoms with Crippen LogP contribution in [0.2, 0.25) is 0 Å². The minimum atomic E-state index is -0.216. The summed E-state index contributed by atoms with van der Waals surface area (Å²) in [6.07, 6.45) is 7.87. The molecule has 32 heavy (non-hydrogen) atoms. The Kier molecular flexibility index (Phi) is 3.34. The average molecular weight is 424 g/mol. The SMILES string of the molecule is O=C1[C@@H]2C3c4ccccc4C(c4ccccc43)[C@H]2C(=O)N1CC12CC3CC(CC(C3)C1)C2. The summed E-state index contributed by atoms with van der Waals surface area (Å²) in [4.78, 5) is 29.7. The van der Waals surface area contributed by atoms with E-state index in [-0.39, 0.29) is 40.9 Å². The van der Waals surface area contributed by atoms with Gasteiger partial charge in [0.2, 0.25) is 11.8 Å². The number of carbonyl (C=O) groups is 2. The molecule has 6 bridgehead atoms. The average Bonchev–Trinajstić information content (AvgIpc) is 3.03. The summed E-state index contributed by atoms with van der Waals surface area (Å²) in [6.45, 7) is 0.688. The maximum absolute atomic E-state index is 14.0. The molecule has 2 amide bonds. The molecule has 0 N–H and O–H groups in total. The Morgan fingerprint density at radius 1 is 0.656 bits per heavy atom. The van der Waals surface area contributed by atoms with Crippen LogP contribution in [0.15, 0.2) is 48.5 Å². The molecular formula is C29H29NO2. The Labute approximate surface area is 189 Å². The lowest BCUT2D eigenvalue weighted by Crippen LogP contribution is -2.52. The van der Waals surface area contributed by atoms with Crippen molar-refractivity contribution in [1.29, 1.82) is 0 Å². The quantitative estimate of drug-likeness (QED) is 0.631. The van der Waals surface area contributed by atoms with Gasteiger partial charge in [-0.05, 0) is 83.9 Å². The van der Waals surface area contributed by atoms with E-state index in [0.29, 0.717) is 6.54 Å². The fraction of sp³-hybridized carbons (Fsp3) is 0.517. The van der Waals surface area contributed by atoms with Crippen molar-refractivity contribution in [3.8, 4) is 0 Å². The van der Waals surface area contributed by atoms with Gasteiger partial charge in [0.25, 0.3) is 0 Å². The standard InChI is InChI=1S/C29H29NO2/c31-27-25-23-19-5-1-2-6-20(19)24(22-8-4-3-7-21(22)23)26(25)28(32)30(27)15-29-12-16-9-17(13-29)11-18(10-16)14-29/h1-8,16-18,23-26H,9-15H2/t16?,17?,18?,23?,24?,25-,26-,29?/m1/s1. The van der Waals surface area contributed by atoms with E-state index in [0.717, 1.165) is 17.8 Å². The van der Waals surface area contributed by atoms with E-state index >= 15 is 0 Å². The molecule has 5 fully saturated rings. The molecule has 162 valence electrons. The van der Waals surface area contributed by atoms with Crippen molar-refractivity contribution in [2.45, 2.75) is 50.4 Å². The fourth-order valence-corrected chi connectivity index (χ4v) is 9.71. The molecule has 0 radical (unpaired) electrons. The highest BCUT2D eigenvalue weighted by atomic mass is 16.2.